The molecule has 2 aliphatic rings. The van der Waals surface area contributed by atoms with Crippen LogP contribution in [0.5, 0.6) is 11.5 Å². The molecule has 0 bridgehead atoms. The zero-order valence-electron chi connectivity index (χ0n) is 17.7. The molecule has 0 radical (unpaired) electrons. The van der Waals surface area contributed by atoms with Gasteiger partial charge in [-0.3, -0.25) is 9.69 Å². The molecule has 31 heavy (non-hydrogen) atoms. The molecule has 2 aromatic rings. The van der Waals surface area contributed by atoms with Gasteiger partial charge in [0, 0.05) is 13.0 Å². The second kappa shape index (κ2) is 9.27. The quantitative estimate of drug-likeness (QED) is 0.590. The summed E-state index contributed by atoms with van der Waals surface area (Å²) in [6, 6.07) is 15.6. The molecule has 1 atom stereocenters. The fourth-order valence-corrected chi connectivity index (χ4v) is 4.46. The largest absolute Gasteiger partial charge is 0.497 e. The minimum absolute atomic E-state index is 0.0462. The molecule has 6 heteroatoms. The molecule has 1 saturated heterocycles. The van der Waals surface area contributed by atoms with E-state index >= 15 is 0 Å². The fourth-order valence-electron chi connectivity index (χ4n) is 3.48. The van der Waals surface area contributed by atoms with Gasteiger partial charge in [0.05, 0.1) is 24.8 Å². The van der Waals surface area contributed by atoms with Gasteiger partial charge in [-0.25, -0.2) is 4.99 Å². The van der Waals surface area contributed by atoms with E-state index in [-0.39, 0.29) is 11.8 Å². The lowest BCUT2D eigenvalue weighted by molar-refractivity contribution is -0.121. The van der Waals surface area contributed by atoms with Gasteiger partial charge in [-0.05, 0) is 71.8 Å². The van der Waals surface area contributed by atoms with Crippen molar-refractivity contribution in [2.45, 2.75) is 12.3 Å². The topological polar surface area (TPSA) is 51.1 Å². The zero-order chi connectivity index (χ0) is 21.8. The molecular formula is C25H24N2O3S. The van der Waals surface area contributed by atoms with E-state index in [2.05, 4.69) is 35.4 Å². The summed E-state index contributed by atoms with van der Waals surface area (Å²) in [6.07, 6.45) is 9.29. The number of hydrogen-bond donors (Lipinski definition) is 0. The van der Waals surface area contributed by atoms with Gasteiger partial charge in [0.2, 0.25) is 0 Å². The maximum absolute atomic E-state index is 12.8. The minimum atomic E-state index is -0.0462. The SMILES string of the molecule is COc1ccc(N=C2SC(=CC3=CC(c4cccc(OC)c4)CC=C3)C(=O)N2C)cc1. The standard InChI is InChI=1S/C25H24N2O3S/c1-27-24(28)23(31-25(27)26-20-10-12-21(29-2)13-11-20)15-17-6-4-7-18(14-17)19-8-5-9-22(16-19)30-3/h4-6,8-16,18H,7H2,1-3H3. The molecule has 1 unspecified atom stereocenters. The normalized spacial score (nSPS) is 21.0. The van der Waals surface area contributed by atoms with E-state index in [1.165, 1.54) is 17.3 Å². The Kier molecular flexibility index (Phi) is 6.28. The molecule has 1 fully saturated rings. The van der Waals surface area contributed by atoms with Crippen molar-refractivity contribution >= 4 is 28.5 Å². The lowest BCUT2D eigenvalue weighted by Gasteiger charge is -2.16. The average molecular weight is 433 g/mol. The predicted molar refractivity (Wildman–Crippen MR) is 126 cm³/mol. The molecule has 1 aliphatic carbocycles. The molecule has 0 aromatic heterocycles. The van der Waals surface area contributed by atoms with Crippen LogP contribution in [-0.4, -0.2) is 37.2 Å². The van der Waals surface area contributed by atoms with Crippen molar-refractivity contribution < 1.29 is 14.3 Å². The molecule has 0 saturated carbocycles. The number of ether oxygens (including phenoxy) is 2. The summed E-state index contributed by atoms with van der Waals surface area (Å²) in [6.45, 7) is 0. The van der Waals surface area contributed by atoms with Crippen LogP contribution in [0.4, 0.5) is 5.69 Å². The number of allylic oxidation sites excluding steroid dienone is 5. The molecule has 2 aromatic carbocycles. The van der Waals surface area contributed by atoms with Crippen LogP contribution >= 0.6 is 11.8 Å². The Bertz CT molecular complexity index is 1100. The van der Waals surface area contributed by atoms with Crippen molar-refractivity contribution in [2.75, 3.05) is 21.3 Å². The summed E-state index contributed by atoms with van der Waals surface area (Å²) in [5.74, 6) is 1.83. The van der Waals surface area contributed by atoms with Gasteiger partial charge in [-0.15, -0.1) is 0 Å². The lowest BCUT2D eigenvalue weighted by atomic mass is 9.89. The lowest BCUT2D eigenvalue weighted by Crippen LogP contribution is -2.23. The zero-order valence-corrected chi connectivity index (χ0v) is 18.6. The van der Waals surface area contributed by atoms with Crippen molar-refractivity contribution in [2.24, 2.45) is 4.99 Å². The number of hydrogen-bond acceptors (Lipinski definition) is 5. The van der Waals surface area contributed by atoms with E-state index < -0.39 is 0 Å². The van der Waals surface area contributed by atoms with Gasteiger partial charge in [0.15, 0.2) is 5.17 Å². The Labute approximate surface area is 186 Å². The first-order valence-corrected chi connectivity index (χ1v) is 10.8. The van der Waals surface area contributed by atoms with Gasteiger partial charge < -0.3 is 9.47 Å². The van der Waals surface area contributed by atoms with E-state index in [0.29, 0.717) is 10.1 Å². The number of aliphatic imine (C=N–C) groups is 1. The summed E-state index contributed by atoms with van der Waals surface area (Å²) >= 11 is 1.39. The first kappa shape index (κ1) is 21.0. The van der Waals surface area contributed by atoms with Crippen LogP contribution in [0, 0.1) is 0 Å². The van der Waals surface area contributed by atoms with Crippen LogP contribution in [-0.2, 0) is 4.79 Å². The number of amidine groups is 1. The summed E-state index contributed by atoms with van der Waals surface area (Å²) in [5.41, 5.74) is 3.00. The van der Waals surface area contributed by atoms with Crippen LogP contribution in [0.15, 0.2) is 88.3 Å². The monoisotopic (exact) mass is 432 g/mol. The van der Waals surface area contributed by atoms with Crippen LogP contribution in [0.1, 0.15) is 17.9 Å². The van der Waals surface area contributed by atoms with Gasteiger partial charge in [-0.1, -0.05) is 30.4 Å². The van der Waals surface area contributed by atoms with E-state index in [4.69, 9.17) is 9.47 Å². The highest BCUT2D eigenvalue weighted by molar-refractivity contribution is 8.18. The Morgan fingerprint density at radius 2 is 1.87 bits per heavy atom. The maximum atomic E-state index is 12.8. The summed E-state index contributed by atoms with van der Waals surface area (Å²) < 4.78 is 10.5. The predicted octanol–water partition coefficient (Wildman–Crippen LogP) is 5.45. The van der Waals surface area contributed by atoms with E-state index in [9.17, 15) is 4.79 Å². The first-order valence-electron chi connectivity index (χ1n) is 10.00. The Morgan fingerprint density at radius 1 is 1.10 bits per heavy atom. The number of amides is 1. The maximum Gasteiger partial charge on any atom is 0.266 e. The highest BCUT2D eigenvalue weighted by atomic mass is 32.2. The molecule has 1 aliphatic heterocycles. The van der Waals surface area contributed by atoms with Crippen LogP contribution in [0.25, 0.3) is 0 Å². The summed E-state index contributed by atoms with van der Waals surface area (Å²) in [4.78, 5) is 19.7. The number of methoxy groups -OCH3 is 2. The third-order valence-corrected chi connectivity index (χ3v) is 6.27. The van der Waals surface area contributed by atoms with Crippen LogP contribution in [0.2, 0.25) is 0 Å². The van der Waals surface area contributed by atoms with E-state index in [1.54, 1.807) is 26.2 Å². The smallest absolute Gasteiger partial charge is 0.266 e. The molecule has 4 rings (SSSR count). The molecule has 5 nitrogen and oxygen atoms in total. The van der Waals surface area contributed by atoms with Gasteiger partial charge in [0.1, 0.15) is 11.5 Å². The molecule has 1 heterocycles. The third-order valence-electron chi connectivity index (χ3n) is 5.21. The molecular weight excluding hydrogens is 408 g/mol. The minimum Gasteiger partial charge on any atom is -0.497 e. The number of rotatable bonds is 5. The van der Waals surface area contributed by atoms with Crippen molar-refractivity contribution in [3.63, 3.8) is 0 Å². The van der Waals surface area contributed by atoms with E-state index in [0.717, 1.165) is 29.2 Å². The number of carbonyl (C=O) groups is 1. The summed E-state index contributed by atoms with van der Waals surface area (Å²) in [5, 5.41) is 0.658. The molecule has 0 N–H and O–H groups in total. The van der Waals surface area contributed by atoms with Gasteiger partial charge >= 0.3 is 0 Å². The number of likely N-dealkylation sites (N-methyl/N-ethyl adjacent to an activating group) is 1. The van der Waals surface area contributed by atoms with Crippen LogP contribution in [0.3, 0.4) is 0 Å². The highest BCUT2D eigenvalue weighted by Gasteiger charge is 2.30. The second-order valence-corrected chi connectivity index (χ2v) is 8.26. The van der Waals surface area contributed by atoms with E-state index in [1.807, 2.05) is 42.5 Å². The molecule has 158 valence electrons. The average Bonchev–Trinajstić information content (AvgIpc) is 3.07. The Morgan fingerprint density at radius 3 is 2.61 bits per heavy atom. The fraction of sp³-hybridized carbons (Fsp3) is 0.200. The van der Waals surface area contributed by atoms with Crippen LogP contribution < -0.4 is 9.47 Å². The second-order valence-electron chi connectivity index (χ2n) is 7.26. The van der Waals surface area contributed by atoms with Crippen molar-refractivity contribution in [3.8, 4) is 11.5 Å². The van der Waals surface area contributed by atoms with Crippen molar-refractivity contribution in [3.05, 3.63) is 88.9 Å². The molecule has 1 amide bonds. The van der Waals surface area contributed by atoms with Gasteiger partial charge in [0.25, 0.3) is 5.91 Å². The molecule has 0 spiro atoms. The Hall–Kier alpha value is -3.25. The third kappa shape index (κ3) is 4.75. The highest BCUT2D eigenvalue weighted by Crippen LogP contribution is 2.35. The first-order chi connectivity index (χ1) is 15.1. The number of thioether (sulfide) groups is 1. The number of nitrogens with zero attached hydrogens (tertiary/aromatic N) is 2. The number of carbonyl (C=O) groups excluding carboxylic acids is 1. The van der Waals surface area contributed by atoms with Gasteiger partial charge in [-0.2, -0.15) is 0 Å². The van der Waals surface area contributed by atoms with Crippen molar-refractivity contribution in [1.82, 2.24) is 4.90 Å². The Balaban J connectivity index is 1.56. The van der Waals surface area contributed by atoms with Crippen molar-refractivity contribution in [1.29, 1.82) is 0 Å². The summed E-state index contributed by atoms with van der Waals surface area (Å²) in [7, 11) is 5.06. The number of benzene rings is 2.